The molecule has 1 aliphatic rings. The van der Waals surface area contributed by atoms with Crippen LogP contribution in [0.4, 0.5) is 0 Å². The number of aliphatic hydroxyl groups excluding tert-OH is 1. The van der Waals surface area contributed by atoms with Gasteiger partial charge >= 0.3 is 0 Å². The molecule has 0 aliphatic carbocycles. The van der Waals surface area contributed by atoms with Gasteiger partial charge in [-0.2, -0.15) is 0 Å². The van der Waals surface area contributed by atoms with Gasteiger partial charge in [0.1, 0.15) is 0 Å². The molecule has 0 spiro atoms. The molecule has 2 unspecified atom stereocenters. The lowest BCUT2D eigenvalue weighted by molar-refractivity contribution is 0.0684. The van der Waals surface area contributed by atoms with Gasteiger partial charge in [-0.15, -0.1) is 0 Å². The molecule has 0 radical (unpaired) electrons. The molecule has 15 heavy (non-hydrogen) atoms. The highest BCUT2D eigenvalue weighted by atomic mass is 16.5. The average Bonchev–Trinajstić information content (AvgIpc) is 2.28. The topological polar surface area (TPSA) is 41.5 Å². The first-order chi connectivity index (χ1) is 7.36. The quantitative estimate of drug-likeness (QED) is 0.677. The van der Waals surface area contributed by atoms with E-state index in [-0.39, 0.29) is 0 Å². The van der Waals surface area contributed by atoms with Crippen LogP contribution >= 0.6 is 0 Å². The van der Waals surface area contributed by atoms with E-state index in [0.717, 1.165) is 26.2 Å². The molecular weight excluding hydrogens is 190 g/mol. The second-order valence-electron chi connectivity index (χ2n) is 4.49. The molecule has 2 N–H and O–H groups in total. The number of hydrogen-bond donors (Lipinski definition) is 2. The van der Waals surface area contributed by atoms with Gasteiger partial charge in [0.05, 0.1) is 6.61 Å². The third kappa shape index (κ3) is 5.50. The van der Waals surface area contributed by atoms with Crippen molar-refractivity contribution in [1.29, 1.82) is 0 Å². The van der Waals surface area contributed by atoms with Crippen LogP contribution in [0.15, 0.2) is 0 Å². The molecular formula is C12H25NO2. The summed E-state index contributed by atoms with van der Waals surface area (Å²) >= 11 is 0. The predicted octanol–water partition coefficient (Wildman–Crippen LogP) is 1.55. The summed E-state index contributed by atoms with van der Waals surface area (Å²) in [6, 6.07) is 0.539. The fraction of sp³-hybridized carbons (Fsp3) is 1.00. The molecule has 0 bridgehead atoms. The molecule has 3 heteroatoms. The Balaban J connectivity index is 2.13. The van der Waals surface area contributed by atoms with Crippen LogP contribution in [-0.4, -0.2) is 37.5 Å². The molecule has 3 nitrogen and oxygen atoms in total. The molecule has 1 saturated heterocycles. The van der Waals surface area contributed by atoms with E-state index in [1.807, 2.05) is 0 Å². The maximum Gasteiger partial charge on any atom is 0.0619 e. The number of hydrogen-bond acceptors (Lipinski definition) is 3. The van der Waals surface area contributed by atoms with Gasteiger partial charge in [0.25, 0.3) is 0 Å². The highest BCUT2D eigenvalue weighted by Crippen LogP contribution is 2.11. The third-order valence-corrected chi connectivity index (χ3v) is 3.09. The van der Waals surface area contributed by atoms with E-state index in [2.05, 4.69) is 12.2 Å². The minimum atomic E-state index is 0.313. The Morgan fingerprint density at radius 3 is 2.93 bits per heavy atom. The van der Waals surface area contributed by atoms with Crippen LogP contribution in [0.2, 0.25) is 0 Å². The van der Waals surface area contributed by atoms with Crippen molar-refractivity contribution in [3.63, 3.8) is 0 Å². The Labute approximate surface area is 93.2 Å². The first-order valence-corrected chi connectivity index (χ1v) is 6.28. The second kappa shape index (κ2) is 8.08. The highest BCUT2D eigenvalue weighted by molar-refractivity contribution is 4.72. The van der Waals surface area contributed by atoms with Gasteiger partial charge in [-0.25, -0.2) is 0 Å². The smallest absolute Gasteiger partial charge is 0.0619 e. The van der Waals surface area contributed by atoms with Gasteiger partial charge in [0.2, 0.25) is 0 Å². The molecule has 1 fully saturated rings. The predicted molar refractivity (Wildman–Crippen MR) is 61.9 cm³/mol. The number of rotatable bonds is 7. The fourth-order valence-corrected chi connectivity index (χ4v) is 2.17. The van der Waals surface area contributed by atoms with Crippen LogP contribution in [-0.2, 0) is 4.74 Å². The number of ether oxygens (including phenoxy) is 1. The average molecular weight is 215 g/mol. The summed E-state index contributed by atoms with van der Waals surface area (Å²) in [6.07, 6.45) is 5.75. The maximum atomic E-state index is 8.95. The van der Waals surface area contributed by atoms with Crippen molar-refractivity contribution in [2.24, 2.45) is 5.92 Å². The van der Waals surface area contributed by atoms with Crippen LogP contribution < -0.4 is 5.32 Å². The number of aliphatic hydroxyl groups is 1. The summed E-state index contributed by atoms with van der Waals surface area (Å²) in [6.45, 7) is 5.33. The van der Waals surface area contributed by atoms with Gasteiger partial charge in [-0.05, 0) is 38.1 Å². The van der Waals surface area contributed by atoms with E-state index >= 15 is 0 Å². The molecule has 1 rings (SSSR count). The Morgan fingerprint density at radius 2 is 2.33 bits per heavy atom. The van der Waals surface area contributed by atoms with Gasteiger partial charge in [0, 0.05) is 19.3 Å². The SMILES string of the molecule is CCCC(CCO)CNC1CCCOC1. The zero-order chi connectivity index (χ0) is 10.9. The Kier molecular flexibility index (Phi) is 6.98. The van der Waals surface area contributed by atoms with Crippen molar-refractivity contribution in [3.05, 3.63) is 0 Å². The Bertz CT molecular complexity index is 141. The van der Waals surface area contributed by atoms with Crippen LogP contribution in [0.25, 0.3) is 0 Å². The van der Waals surface area contributed by atoms with E-state index in [1.165, 1.54) is 25.7 Å². The van der Waals surface area contributed by atoms with Crippen molar-refractivity contribution < 1.29 is 9.84 Å². The zero-order valence-electron chi connectivity index (χ0n) is 9.87. The van der Waals surface area contributed by atoms with Crippen molar-refractivity contribution in [3.8, 4) is 0 Å². The highest BCUT2D eigenvalue weighted by Gasteiger charge is 2.15. The summed E-state index contributed by atoms with van der Waals surface area (Å²) in [5.41, 5.74) is 0. The monoisotopic (exact) mass is 215 g/mol. The molecule has 0 amide bonds. The lowest BCUT2D eigenvalue weighted by Gasteiger charge is -2.25. The van der Waals surface area contributed by atoms with E-state index < -0.39 is 0 Å². The van der Waals surface area contributed by atoms with E-state index in [4.69, 9.17) is 9.84 Å². The first kappa shape index (κ1) is 12.9. The molecule has 2 atom stereocenters. The van der Waals surface area contributed by atoms with Crippen molar-refractivity contribution in [2.45, 2.75) is 45.1 Å². The number of nitrogens with one attached hydrogen (secondary N) is 1. The minimum absolute atomic E-state index is 0.313. The molecule has 0 aromatic rings. The van der Waals surface area contributed by atoms with Gasteiger partial charge < -0.3 is 15.2 Å². The van der Waals surface area contributed by atoms with Gasteiger partial charge in [-0.3, -0.25) is 0 Å². The first-order valence-electron chi connectivity index (χ1n) is 6.28. The lowest BCUT2D eigenvalue weighted by atomic mass is 9.99. The lowest BCUT2D eigenvalue weighted by Crippen LogP contribution is -2.39. The normalized spacial score (nSPS) is 24.0. The third-order valence-electron chi connectivity index (χ3n) is 3.09. The van der Waals surface area contributed by atoms with Crippen molar-refractivity contribution >= 4 is 0 Å². The Morgan fingerprint density at radius 1 is 1.47 bits per heavy atom. The molecule has 90 valence electrons. The molecule has 1 heterocycles. The van der Waals surface area contributed by atoms with Crippen LogP contribution in [0.5, 0.6) is 0 Å². The van der Waals surface area contributed by atoms with E-state index in [1.54, 1.807) is 0 Å². The van der Waals surface area contributed by atoms with Crippen molar-refractivity contribution in [1.82, 2.24) is 5.32 Å². The molecule has 0 saturated carbocycles. The minimum Gasteiger partial charge on any atom is -0.396 e. The Hall–Kier alpha value is -0.120. The van der Waals surface area contributed by atoms with E-state index in [0.29, 0.717) is 18.6 Å². The summed E-state index contributed by atoms with van der Waals surface area (Å²) in [5.74, 6) is 0.627. The van der Waals surface area contributed by atoms with E-state index in [9.17, 15) is 0 Å². The zero-order valence-corrected chi connectivity index (χ0v) is 9.87. The van der Waals surface area contributed by atoms with Gasteiger partial charge in [0.15, 0.2) is 0 Å². The largest absolute Gasteiger partial charge is 0.396 e. The van der Waals surface area contributed by atoms with Gasteiger partial charge in [-0.1, -0.05) is 13.3 Å². The van der Waals surface area contributed by atoms with Crippen LogP contribution in [0.3, 0.4) is 0 Å². The maximum absolute atomic E-state index is 8.95. The summed E-state index contributed by atoms with van der Waals surface area (Å²) < 4.78 is 5.42. The second-order valence-corrected chi connectivity index (χ2v) is 4.49. The molecule has 0 aromatic heterocycles. The summed E-state index contributed by atoms with van der Waals surface area (Å²) in [5, 5.41) is 12.5. The van der Waals surface area contributed by atoms with Crippen molar-refractivity contribution in [2.75, 3.05) is 26.4 Å². The van der Waals surface area contributed by atoms with Crippen LogP contribution in [0.1, 0.15) is 39.0 Å². The van der Waals surface area contributed by atoms with Crippen LogP contribution in [0, 0.1) is 5.92 Å². The summed E-state index contributed by atoms with van der Waals surface area (Å²) in [4.78, 5) is 0. The standard InChI is InChI=1S/C12H25NO2/c1-2-4-11(6-7-14)9-13-12-5-3-8-15-10-12/h11-14H,2-10H2,1H3. The molecule has 0 aromatic carbocycles. The molecule has 1 aliphatic heterocycles. The fourth-order valence-electron chi connectivity index (χ4n) is 2.17. The summed E-state index contributed by atoms with van der Waals surface area (Å²) in [7, 11) is 0.